The summed E-state index contributed by atoms with van der Waals surface area (Å²) in [6, 6.07) is 0. The van der Waals surface area contributed by atoms with Crippen molar-refractivity contribution in [2.24, 2.45) is 0 Å². The van der Waals surface area contributed by atoms with E-state index in [0.29, 0.717) is 13.0 Å². The van der Waals surface area contributed by atoms with Crippen molar-refractivity contribution in [2.75, 3.05) is 6.61 Å². The summed E-state index contributed by atoms with van der Waals surface area (Å²) in [5.74, 6) is -0.452. The van der Waals surface area contributed by atoms with Crippen LogP contribution in [-0.2, 0) is 9.53 Å². The molecule has 0 aliphatic rings. The van der Waals surface area contributed by atoms with Gasteiger partial charge in [-0.05, 0) is 19.3 Å². The number of hydrogen-bond acceptors (Lipinski definition) is 2. The van der Waals surface area contributed by atoms with Crippen molar-refractivity contribution in [3.63, 3.8) is 0 Å². The van der Waals surface area contributed by atoms with E-state index in [1.54, 1.807) is 0 Å². The molecule has 40 heavy (non-hydrogen) atoms. The lowest BCUT2D eigenvalue weighted by Gasteiger charge is -2.18. The van der Waals surface area contributed by atoms with Crippen LogP contribution < -0.4 is 0 Å². The second-order valence-electron chi connectivity index (χ2n) is 12.5. The highest BCUT2D eigenvalue weighted by Gasteiger charge is 2.34. The number of hydrogen-bond donors (Lipinski definition) is 0. The molecule has 0 unspecified atom stereocenters. The van der Waals surface area contributed by atoms with Gasteiger partial charge in [0.1, 0.15) is 0 Å². The molecule has 0 aliphatic carbocycles. The summed E-state index contributed by atoms with van der Waals surface area (Å²) >= 11 is 12.6. The minimum atomic E-state index is -1.38. The number of ether oxygens (including phenoxy) is 1. The number of carbonyl (C=O) groups excluding carboxylic acids is 1. The highest BCUT2D eigenvalue weighted by atomic mass is 35.5. The summed E-state index contributed by atoms with van der Waals surface area (Å²) in [4.78, 5) is 12.3. The summed E-state index contributed by atoms with van der Waals surface area (Å²) in [5.41, 5.74) is 0. The number of halogens is 2. The standard InChI is InChI=1S/C36H70Cl2O2/c1-3-5-7-9-11-13-15-17-19-20-22-24-26-28-30-32-34-40-35(39)36(37,38)33-31-29-27-25-23-21-18-16-14-12-10-8-6-4-2/h3-34H2,1-2H3. The average molecular weight is 606 g/mol. The molecule has 0 aliphatic heterocycles. The third-order valence-electron chi connectivity index (χ3n) is 8.37. The quantitative estimate of drug-likeness (QED) is 0.0422. The molecule has 240 valence electrons. The van der Waals surface area contributed by atoms with Gasteiger partial charge in [-0.1, -0.05) is 217 Å². The molecule has 0 bridgehead atoms. The molecule has 0 spiro atoms. The first-order valence-electron chi connectivity index (χ1n) is 18.1. The number of rotatable bonds is 33. The van der Waals surface area contributed by atoms with Crippen LogP contribution in [0.5, 0.6) is 0 Å². The minimum Gasteiger partial charge on any atom is -0.463 e. The fourth-order valence-electron chi connectivity index (χ4n) is 5.56. The Balaban J connectivity index is 3.40. The van der Waals surface area contributed by atoms with Crippen LogP contribution in [0.25, 0.3) is 0 Å². The fraction of sp³-hybridized carbons (Fsp3) is 0.972. The van der Waals surface area contributed by atoms with Crippen molar-refractivity contribution in [1.82, 2.24) is 0 Å². The molecule has 0 heterocycles. The molecule has 0 saturated heterocycles. The van der Waals surface area contributed by atoms with Gasteiger partial charge >= 0.3 is 5.97 Å². The van der Waals surface area contributed by atoms with Gasteiger partial charge in [0, 0.05) is 0 Å². The van der Waals surface area contributed by atoms with E-state index < -0.39 is 10.3 Å². The van der Waals surface area contributed by atoms with Crippen molar-refractivity contribution < 1.29 is 9.53 Å². The predicted molar refractivity (Wildman–Crippen MR) is 180 cm³/mol. The summed E-state index contributed by atoms with van der Waals surface area (Å²) in [6.45, 7) is 5.00. The largest absolute Gasteiger partial charge is 0.463 e. The Morgan fingerprint density at radius 2 is 0.675 bits per heavy atom. The zero-order valence-corrected chi connectivity index (χ0v) is 28.7. The Bertz CT molecular complexity index is 509. The van der Waals surface area contributed by atoms with Gasteiger partial charge in [-0.15, -0.1) is 0 Å². The van der Waals surface area contributed by atoms with Gasteiger partial charge in [0.2, 0.25) is 4.33 Å². The maximum absolute atomic E-state index is 12.3. The zero-order chi connectivity index (χ0) is 29.4. The van der Waals surface area contributed by atoms with Crippen molar-refractivity contribution in [3.05, 3.63) is 0 Å². The highest BCUT2D eigenvalue weighted by Crippen LogP contribution is 2.30. The molecule has 0 rings (SSSR count). The molecule has 0 radical (unpaired) electrons. The molecule has 2 nitrogen and oxygen atoms in total. The predicted octanol–water partition coefficient (Wildman–Crippen LogP) is 13.8. The Labute approximate surface area is 261 Å². The Morgan fingerprint density at radius 1 is 0.425 bits per heavy atom. The topological polar surface area (TPSA) is 26.3 Å². The second-order valence-corrected chi connectivity index (χ2v) is 14.0. The van der Waals surface area contributed by atoms with Crippen LogP contribution in [0, 0.1) is 0 Å². The van der Waals surface area contributed by atoms with Crippen LogP contribution in [0.2, 0.25) is 0 Å². The first kappa shape index (κ1) is 40.1. The molecular weight excluding hydrogens is 535 g/mol. The maximum Gasteiger partial charge on any atom is 0.342 e. The summed E-state index contributed by atoms with van der Waals surface area (Å²) in [6.07, 6.45) is 40.2. The lowest BCUT2D eigenvalue weighted by atomic mass is 10.0. The number of unbranched alkanes of at least 4 members (excludes halogenated alkanes) is 28. The minimum absolute atomic E-state index is 0.442. The van der Waals surface area contributed by atoms with Gasteiger partial charge in [-0.25, -0.2) is 4.79 Å². The molecule has 0 aromatic heterocycles. The molecule has 0 fully saturated rings. The third-order valence-corrected chi connectivity index (χ3v) is 9.06. The van der Waals surface area contributed by atoms with Gasteiger partial charge in [0.05, 0.1) is 6.61 Å². The van der Waals surface area contributed by atoms with Crippen LogP contribution in [0.1, 0.15) is 213 Å². The first-order valence-corrected chi connectivity index (χ1v) is 18.8. The van der Waals surface area contributed by atoms with Crippen molar-refractivity contribution in [1.29, 1.82) is 0 Å². The van der Waals surface area contributed by atoms with Crippen LogP contribution >= 0.6 is 23.2 Å². The molecule has 0 amide bonds. The number of alkyl halides is 2. The van der Waals surface area contributed by atoms with E-state index in [-0.39, 0.29) is 0 Å². The Hall–Kier alpha value is 0.0500. The zero-order valence-electron chi connectivity index (χ0n) is 27.2. The molecule has 0 aromatic rings. The molecule has 0 aromatic carbocycles. The normalized spacial score (nSPS) is 11.8. The van der Waals surface area contributed by atoms with Crippen molar-refractivity contribution >= 4 is 29.2 Å². The lowest BCUT2D eigenvalue weighted by molar-refractivity contribution is -0.144. The van der Waals surface area contributed by atoms with Crippen LogP contribution in [0.3, 0.4) is 0 Å². The van der Waals surface area contributed by atoms with Crippen LogP contribution in [0.15, 0.2) is 0 Å². The summed E-state index contributed by atoms with van der Waals surface area (Å²) in [5, 5.41) is 0. The van der Waals surface area contributed by atoms with Gasteiger partial charge in [0.15, 0.2) is 0 Å². The van der Waals surface area contributed by atoms with E-state index in [1.807, 2.05) is 0 Å². The number of esters is 1. The second kappa shape index (κ2) is 32.0. The average Bonchev–Trinajstić information content (AvgIpc) is 2.94. The van der Waals surface area contributed by atoms with E-state index in [4.69, 9.17) is 27.9 Å². The van der Waals surface area contributed by atoms with Gasteiger partial charge in [0.25, 0.3) is 0 Å². The molecular formula is C36H70Cl2O2. The van der Waals surface area contributed by atoms with E-state index in [2.05, 4.69) is 13.8 Å². The monoisotopic (exact) mass is 604 g/mol. The van der Waals surface area contributed by atoms with E-state index in [0.717, 1.165) is 25.7 Å². The van der Waals surface area contributed by atoms with Crippen LogP contribution in [-0.4, -0.2) is 16.9 Å². The Kier molecular flexibility index (Phi) is 32.0. The van der Waals surface area contributed by atoms with E-state index in [9.17, 15) is 4.79 Å². The van der Waals surface area contributed by atoms with E-state index >= 15 is 0 Å². The smallest absolute Gasteiger partial charge is 0.342 e. The fourth-order valence-corrected chi connectivity index (χ4v) is 5.94. The number of carbonyl (C=O) groups is 1. The van der Waals surface area contributed by atoms with Crippen LogP contribution in [0.4, 0.5) is 0 Å². The van der Waals surface area contributed by atoms with Crippen molar-refractivity contribution in [3.8, 4) is 0 Å². The summed E-state index contributed by atoms with van der Waals surface area (Å²) in [7, 11) is 0. The SMILES string of the molecule is CCCCCCCCCCCCCCCCCCOC(=O)C(Cl)(Cl)CCCCCCCCCCCCCCCC. The molecule has 0 atom stereocenters. The molecule has 0 N–H and O–H groups in total. The lowest BCUT2D eigenvalue weighted by Crippen LogP contribution is -2.28. The molecule has 4 heteroatoms. The van der Waals surface area contributed by atoms with Gasteiger partial charge in [-0.3, -0.25) is 0 Å². The maximum atomic E-state index is 12.3. The molecule has 0 saturated carbocycles. The van der Waals surface area contributed by atoms with Gasteiger partial charge < -0.3 is 4.74 Å². The summed E-state index contributed by atoms with van der Waals surface area (Å²) < 4.78 is 4.01. The van der Waals surface area contributed by atoms with Crippen molar-refractivity contribution in [2.45, 2.75) is 217 Å². The third kappa shape index (κ3) is 29.5. The van der Waals surface area contributed by atoms with Gasteiger partial charge in [-0.2, -0.15) is 0 Å². The Morgan fingerprint density at radius 3 is 0.975 bits per heavy atom. The first-order chi connectivity index (χ1) is 19.5. The van der Waals surface area contributed by atoms with E-state index in [1.165, 1.54) is 167 Å². The highest BCUT2D eigenvalue weighted by molar-refractivity contribution is 6.57.